The van der Waals surface area contributed by atoms with E-state index in [0.717, 1.165) is 16.8 Å². The first kappa shape index (κ1) is 16.5. The van der Waals surface area contributed by atoms with E-state index in [1.807, 2.05) is 37.3 Å². The van der Waals surface area contributed by atoms with Gasteiger partial charge in [-0.3, -0.25) is 9.48 Å². The Balaban J connectivity index is 1.81. The highest BCUT2D eigenvalue weighted by molar-refractivity contribution is 6.30. The van der Waals surface area contributed by atoms with E-state index in [-0.39, 0.29) is 12.3 Å². The summed E-state index contributed by atoms with van der Waals surface area (Å²) in [4.78, 5) is 12.0. The lowest BCUT2D eigenvalue weighted by Gasteiger charge is -2.11. The Morgan fingerprint density at radius 2 is 2.09 bits per heavy atom. The van der Waals surface area contributed by atoms with Crippen LogP contribution in [0.5, 0.6) is 0 Å². The van der Waals surface area contributed by atoms with Crippen molar-refractivity contribution >= 4 is 17.5 Å². The third kappa shape index (κ3) is 4.08. The first-order valence-electron chi connectivity index (χ1n) is 7.16. The van der Waals surface area contributed by atoms with Crippen LogP contribution in [0.1, 0.15) is 29.3 Å². The molecule has 1 amide bonds. The summed E-state index contributed by atoms with van der Waals surface area (Å²) in [5.74, 6) is -0.127. The molecule has 0 aliphatic carbocycles. The maximum absolute atomic E-state index is 12.0. The highest BCUT2D eigenvalue weighted by atomic mass is 35.5. The zero-order valence-electron chi connectivity index (χ0n) is 12.7. The van der Waals surface area contributed by atoms with Crippen LogP contribution in [0.15, 0.2) is 30.3 Å². The number of nitrogens with zero attached hydrogens (tertiary/aromatic N) is 2. The van der Waals surface area contributed by atoms with Crippen LogP contribution < -0.4 is 5.32 Å². The van der Waals surface area contributed by atoms with E-state index >= 15 is 0 Å². The summed E-state index contributed by atoms with van der Waals surface area (Å²) in [7, 11) is 1.74. The molecule has 0 fully saturated rings. The summed E-state index contributed by atoms with van der Waals surface area (Å²) in [5, 5.41) is 17.5. The number of amides is 1. The van der Waals surface area contributed by atoms with Gasteiger partial charge in [0.25, 0.3) is 0 Å². The van der Waals surface area contributed by atoms with Crippen LogP contribution >= 0.6 is 11.6 Å². The van der Waals surface area contributed by atoms with Gasteiger partial charge in [0.2, 0.25) is 5.91 Å². The predicted octanol–water partition coefficient (Wildman–Crippen LogP) is 2.16. The van der Waals surface area contributed by atoms with Crippen molar-refractivity contribution in [2.45, 2.75) is 25.9 Å². The van der Waals surface area contributed by atoms with Crippen LogP contribution in [0.2, 0.25) is 5.15 Å². The van der Waals surface area contributed by atoms with Crippen molar-refractivity contribution in [3.05, 3.63) is 52.3 Å². The van der Waals surface area contributed by atoms with Crippen LogP contribution in [0.25, 0.3) is 0 Å². The molecule has 1 atom stereocenters. The number of aliphatic hydroxyl groups is 1. The molecule has 0 radical (unpaired) electrons. The van der Waals surface area contributed by atoms with Crippen molar-refractivity contribution in [2.24, 2.45) is 7.05 Å². The van der Waals surface area contributed by atoms with Crippen LogP contribution in [0.4, 0.5) is 0 Å². The second-order valence-electron chi connectivity index (χ2n) is 5.22. The molecule has 0 bridgehead atoms. The molecule has 0 aliphatic heterocycles. The average molecular weight is 322 g/mol. The molecular formula is C16H20ClN3O2. The molecule has 1 heterocycles. The fourth-order valence-corrected chi connectivity index (χ4v) is 2.53. The summed E-state index contributed by atoms with van der Waals surface area (Å²) >= 11 is 6.10. The SMILES string of the molecule is Cc1nn(C)c(Cl)c1CC(=O)NCCC(O)c1ccccc1. The molecule has 22 heavy (non-hydrogen) atoms. The molecule has 0 saturated carbocycles. The summed E-state index contributed by atoms with van der Waals surface area (Å²) in [5.41, 5.74) is 2.35. The first-order valence-corrected chi connectivity index (χ1v) is 7.54. The van der Waals surface area contributed by atoms with Crippen molar-refractivity contribution < 1.29 is 9.90 Å². The van der Waals surface area contributed by atoms with E-state index in [1.54, 1.807) is 11.7 Å². The summed E-state index contributed by atoms with van der Waals surface area (Å²) < 4.78 is 1.55. The molecular weight excluding hydrogens is 302 g/mol. The van der Waals surface area contributed by atoms with Gasteiger partial charge < -0.3 is 10.4 Å². The lowest BCUT2D eigenvalue weighted by Crippen LogP contribution is -2.27. The third-order valence-electron chi connectivity index (χ3n) is 3.53. The number of rotatable bonds is 6. The van der Waals surface area contributed by atoms with Crippen LogP contribution in [-0.4, -0.2) is 27.3 Å². The number of hydrogen-bond acceptors (Lipinski definition) is 3. The number of hydrogen-bond donors (Lipinski definition) is 2. The second-order valence-corrected chi connectivity index (χ2v) is 5.58. The zero-order chi connectivity index (χ0) is 16.1. The summed E-state index contributed by atoms with van der Waals surface area (Å²) in [6.07, 6.45) is 0.0836. The van der Waals surface area contributed by atoms with Crippen LogP contribution in [-0.2, 0) is 18.3 Å². The van der Waals surface area contributed by atoms with Crippen molar-refractivity contribution in [2.75, 3.05) is 6.54 Å². The molecule has 0 saturated heterocycles. The van der Waals surface area contributed by atoms with Gasteiger partial charge in [-0.1, -0.05) is 41.9 Å². The lowest BCUT2D eigenvalue weighted by molar-refractivity contribution is -0.120. The summed E-state index contributed by atoms with van der Waals surface area (Å²) in [6, 6.07) is 9.39. The average Bonchev–Trinajstić information content (AvgIpc) is 2.74. The quantitative estimate of drug-likeness (QED) is 0.857. The molecule has 0 aliphatic rings. The number of carbonyl (C=O) groups excluding carboxylic acids is 1. The molecule has 1 aromatic heterocycles. The monoisotopic (exact) mass is 321 g/mol. The normalized spacial score (nSPS) is 12.2. The maximum atomic E-state index is 12.0. The van der Waals surface area contributed by atoms with E-state index in [0.29, 0.717) is 18.1 Å². The molecule has 2 N–H and O–H groups in total. The molecule has 1 unspecified atom stereocenters. The third-order valence-corrected chi connectivity index (χ3v) is 4.00. The molecule has 0 spiro atoms. The number of halogens is 1. The number of carbonyl (C=O) groups is 1. The molecule has 6 heteroatoms. The first-order chi connectivity index (χ1) is 10.5. The van der Waals surface area contributed by atoms with Crippen molar-refractivity contribution in [1.29, 1.82) is 0 Å². The molecule has 118 valence electrons. The Labute approximate surface area is 134 Å². The van der Waals surface area contributed by atoms with Gasteiger partial charge in [0, 0.05) is 19.2 Å². The Morgan fingerprint density at radius 3 is 2.68 bits per heavy atom. The van der Waals surface area contributed by atoms with Gasteiger partial charge in [-0.15, -0.1) is 0 Å². The van der Waals surface area contributed by atoms with E-state index in [2.05, 4.69) is 10.4 Å². The van der Waals surface area contributed by atoms with Gasteiger partial charge >= 0.3 is 0 Å². The largest absolute Gasteiger partial charge is 0.388 e. The van der Waals surface area contributed by atoms with Gasteiger partial charge in [-0.25, -0.2) is 0 Å². The van der Waals surface area contributed by atoms with Crippen LogP contribution in [0.3, 0.4) is 0 Å². The minimum Gasteiger partial charge on any atom is -0.388 e. The van der Waals surface area contributed by atoms with Crippen molar-refractivity contribution in [3.8, 4) is 0 Å². The van der Waals surface area contributed by atoms with Gasteiger partial charge in [-0.05, 0) is 18.9 Å². The summed E-state index contributed by atoms with van der Waals surface area (Å²) in [6.45, 7) is 2.24. The van der Waals surface area contributed by atoms with E-state index < -0.39 is 6.10 Å². The minimum atomic E-state index is -0.579. The van der Waals surface area contributed by atoms with Gasteiger partial charge in [0.05, 0.1) is 18.2 Å². The lowest BCUT2D eigenvalue weighted by atomic mass is 10.1. The second kappa shape index (κ2) is 7.42. The fourth-order valence-electron chi connectivity index (χ4n) is 2.29. The fraction of sp³-hybridized carbons (Fsp3) is 0.375. The van der Waals surface area contributed by atoms with Crippen molar-refractivity contribution in [1.82, 2.24) is 15.1 Å². The van der Waals surface area contributed by atoms with Gasteiger partial charge in [-0.2, -0.15) is 5.10 Å². The van der Waals surface area contributed by atoms with Gasteiger partial charge in [0.1, 0.15) is 5.15 Å². The molecule has 1 aromatic carbocycles. The predicted molar refractivity (Wildman–Crippen MR) is 85.7 cm³/mol. The van der Waals surface area contributed by atoms with Crippen molar-refractivity contribution in [3.63, 3.8) is 0 Å². The minimum absolute atomic E-state index is 0.127. The van der Waals surface area contributed by atoms with Gasteiger partial charge in [0.15, 0.2) is 0 Å². The standard InChI is InChI=1S/C16H20ClN3O2/c1-11-13(16(17)20(2)19-11)10-15(22)18-9-8-14(21)12-6-4-3-5-7-12/h3-7,14,21H,8-10H2,1-2H3,(H,18,22). The highest BCUT2D eigenvalue weighted by Gasteiger charge is 2.15. The van der Waals surface area contributed by atoms with E-state index in [9.17, 15) is 9.90 Å². The zero-order valence-corrected chi connectivity index (χ0v) is 13.5. The Bertz CT molecular complexity index is 640. The Morgan fingerprint density at radius 1 is 1.41 bits per heavy atom. The topological polar surface area (TPSA) is 67.2 Å². The van der Waals surface area contributed by atoms with E-state index in [1.165, 1.54) is 0 Å². The Hall–Kier alpha value is -1.85. The molecule has 5 nitrogen and oxygen atoms in total. The molecule has 2 aromatic rings. The molecule has 2 rings (SSSR count). The highest BCUT2D eigenvalue weighted by Crippen LogP contribution is 2.19. The number of aliphatic hydroxyl groups excluding tert-OH is 1. The number of aryl methyl sites for hydroxylation is 2. The van der Waals surface area contributed by atoms with E-state index in [4.69, 9.17) is 11.6 Å². The number of nitrogens with one attached hydrogen (secondary N) is 1. The smallest absolute Gasteiger partial charge is 0.224 e. The van der Waals surface area contributed by atoms with Crippen LogP contribution in [0, 0.1) is 6.92 Å². The number of aromatic nitrogens is 2. The number of benzene rings is 1. The maximum Gasteiger partial charge on any atom is 0.224 e. The Kier molecular flexibility index (Phi) is 5.57.